The number of carbonyl (C=O) groups is 1. The smallest absolute Gasteiger partial charge is 0.260 e. The van der Waals surface area contributed by atoms with Crippen molar-refractivity contribution in [3.63, 3.8) is 0 Å². The first-order valence-electron chi connectivity index (χ1n) is 8.80. The van der Waals surface area contributed by atoms with Gasteiger partial charge in [0.05, 0.1) is 11.0 Å². The summed E-state index contributed by atoms with van der Waals surface area (Å²) in [5.41, 5.74) is 0.290. The van der Waals surface area contributed by atoms with Gasteiger partial charge in [0.2, 0.25) is 0 Å². The van der Waals surface area contributed by atoms with Crippen molar-refractivity contribution in [1.29, 1.82) is 0 Å². The maximum atomic E-state index is 14.1. The molecule has 148 valence electrons. The quantitative estimate of drug-likeness (QED) is 0.460. The van der Waals surface area contributed by atoms with E-state index in [0.29, 0.717) is 17.7 Å². The minimum Gasteiger partial charge on any atom is -0.337 e. The highest BCUT2D eigenvalue weighted by Gasteiger charge is 2.22. The lowest BCUT2D eigenvalue weighted by molar-refractivity contribution is 0.0986. The van der Waals surface area contributed by atoms with Gasteiger partial charge in [0, 0.05) is 37.1 Å². The van der Waals surface area contributed by atoms with Crippen LogP contribution in [-0.4, -0.2) is 27.0 Å². The summed E-state index contributed by atoms with van der Waals surface area (Å²) in [7, 11) is 0. The molecular formula is C20H15F3N4OS. The first-order valence-corrected chi connectivity index (χ1v) is 9.61. The maximum absolute atomic E-state index is 14.1. The van der Waals surface area contributed by atoms with E-state index in [1.807, 2.05) is 10.8 Å². The van der Waals surface area contributed by atoms with Crippen molar-refractivity contribution in [2.24, 2.45) is 0 Å². The number of hydrogen-bond acceptors (Lipinski definition) is 4. The van der Waals surface area contributed by atoms with Crippen LogP contribution in [0.2, 0.25) is 0 Å². The van der Waals surface area contributed by atoms with Crippen LogP contribution in [0.25, 0.3) is 10.2 Å². The van der Waals surface area contributed by atoms with Crippen LogP contribution in [0.4, 0.5) is 18.3 Å². The monoisotopic (exact) mass is 416 g/mol. The Morgan fingerprint density at radius 3 is 2.62 bits per heavy atom. The number of carbonyl (C=O) groups excluding carboxylic acids is 1. The molecule has 4 aromatic rings. The molecule has 2 heterocycles. The molecule has 0 saturated heterocycles. The highest BCUT2D eigenvalue weighted by molar-refractivity contribution is 7.22. The molecule has 29 heavy (non-hydrogen) atoms. The average Bonchev–Trinajstić information content (AvgIpc) is 3.35. The summed E-state index contributed by atoms with van der Waals surface area (Å²) >= 11 is 1.03. The van der Waals surface area contributed by atoms with Crippen LogP contribution in [0.3, 0.4) is 0 Å². The van der Waals surface area contributed by atoms with Gasteiger partial charge in [-0.1, -0.05) is 11.3 Å². The van der Waals surface area contributed by atoms with E-state index in [-0.39, 0.29) is 22.8 Å². The molecule has 0 N–H and O–H groups in total. The fraction of sp³-hybridized carbons (Fsp3) is 0.150. The van der Waals surface area contributed by atoms with Gasteiger partial charge >= 0.3 is 0 Å². The third-order valence-electron chi connectivity index (χ3n) is 4.33. The third kappa shape index (κ3) is 4.14. The second-order valence-electron chi connectivity index (χ2n) is 6.35. The van der Waals surface area contributed by atoms with Gasteiger partial charge in [0.1, 0.15) is 17.2 Å². The minimum absolute atomic E-state index is 0.0120. The van der Waals surface area contributed by atoms with Crippen LogP contribution in [-0.2, 0) is 6.54 Å². The molecule has 2 aromatic carbocycles. The number of rotatable bonds is 6. The second kappa shape index (κ2) is 8.04. The van der Waals surface area contributed by atoms with E-state index in [1.54, 1.807) is 12.5 Å². The Labute approximate surface area is 168 Å². The van der Waals surface area contributed by atoms with E-state index in [0.717, 1.165) is 17.4 Å². The van der Waals surface area contributed by atoms with Crippen LogP contribution in [0.1, 0.15) is 16.8 Å². The SMILES string of the molecule is O=C(c1ccc(F)cc1)N(CCCn1ccnc1)c1nc2c(F)cc(F)cc2s1. The van der Waals surface area contributed by atoms with Gasteiger partial charge in [0.15, 0.2) is 10.9 Å². The van der Waals surface area contributed by atoms with E-state index in [2.05, 4.69) is 9.97 Å². The number of hydrogen-bond donors (Lipinski definition) is 0. The molecule has 0 aliphatic heterocycles. The Morgan fingerprint density at radius 2 is 1.90 bits per heavy atom. The van der Waals surface area contributed by atoms with Crippen LogP contribution >= 0.6 is 11.3 Å². The van der Waals surface area contributed by atoms with Crippen LogP contribution in [0, 0.1) is 17.5 Å². The fourth-order valence-corrected chi connectivity index (χ4v) is 3.95. The molecule has 0 bridgehead atoms. The number of fused-ring (bicyclic) bond motifs is 1. The van der Waals surface area contributed by atoms with E-state index in [9.17, 15) is 18.0 Å². The van der Waals surface area contributed by atoms with Crippen molar-refractivity contribution in [2.45, 2.75) is 13.0 Å². The van der Waals surface area contributed by atoms with Gasteiger partial charge in [-0.05, 0) is 36.8 Å². The van der Waals surface area contributed by atoms with Crippen molar-refractivity contribution >= 4 is 32.6 Å². The summed E-state index contributed by atoms with van der Waals surface area (Å²) in [5, 5.41) is 0.254. The van der Waals surface area contributed by atoms with Crippen LogP contribution in [0.5, 0.6) is 0 Å². The number of aryl methyl sites for hydroxylation is 1. The van der Waals surface area contributed by atoms with E-state index >= 15 is 0 Å². The summed E-state index contributed by atoms with van der Waals surface area (Å²) < 4.78 is 43.0. The summed E-state index contributed by atoms with van der Waals surface area (Å²) in [6, 6.07) is 7.11. The number of thiazole rings is 1. The van der Waals surface area contributed by atoms with E-state index in [1.165, 1.54) is 35.2 Å². The van der Waals surface area contributed by atoms with Crippen molar-refractivity contribution in [3.8, 4) is 0 Å². The second-order valence-corrected chi connectivity index (χ2v) is 7.36. The van der Waals surface area contributed by atoms with Crippen molar-refractivity contribution in [3.05, 3.63) is 78.1 Å². The Hall–Kier alpha value is -3.20. The third-order valence-corrected chi connectivity index (χ3v) is 5.35. The molecule has 2 aromatic heterocycles. The molecule has 0 aliphatic carbocycles. The summed E-state index contributed by atoms with van der Waals surface area (Å²) in [5.74, 6) is -2.34. The largest absolute Gasteiger partial charge is 0.337 e. The van der Waals surface area contributed by atoms with Gasteiger partial charge in [-0.2, -0.15) is 0 Å². The van der Waals surface area contributed by atoms with Gasteiger partial charge in [-0.3, -0.25) is 9.69 Å². The minimum atomic E-state index is -0.782. The molecule has 0 unspecified atom stereocenters. The number of nitrogens with zero attached hydrogens (tertiary/aromatic N) is 4. The Morgan fingerprint density at radius 1 is 1.10 bits per heavy atom. The fourth-order valence-electron chi connectivity index (χ4n) is 2.92. The zero-order valence-electron chi connectivity index (χ0n) is 15.1. The lowest BCUT2D eigenvalue weighted by Gasteiger charge is -2.20. The van der Waals surface area contributed by atoms with Gasteiger partial charge in [-0.15, -0.1) is 0 Å². The summed E-state index contributed by atoms with van der Waals surface area (Å²) in [4.78, 5) is 22.7. The van der Waals surface area contributed by atoms with Gasteiger partial charge in [-0.25, -0.2) is 23.1 Å². The summed E-state index contributed by atoms with van der Waals surface area (Å²) in [6.45, 7) is 0.902. The predicted molar refractivity (Wildman–Crippen MR) is 104 cm³/mol. The Bertz CT molecular complexity index is 1140. The van der Waals surface area contributed by atoms with Crippen LogP contribution < -0.4 is 4.90 Å². The average molecular weight is 416 g/mol. The highest BCUT2D eigenvalue weighted by Crippen LogP contribution is 2.32. The zero-order chi connectivity index (χ0) is 20.4. The first-order chi connectivity index (χ1) is 14.0. The summed E-state index contributed by atoms with van der Waals surface area (Å²) in [6.07, 6.45) is 5.71. The molecule has 5 nitrogen and oxygen atoms in total. The molecule has 0 atom stereocenters. The maximum Gasteiger partial charge on any atom is 0.260 e. The number of imidazole rings is 1. The number of aromatic nitrogens is 3. The Kier molecular flexibility index (Phi) is 5.30. The first kappa shape index (κ1) is 19.1. The number of halogens is 3. The van der Waals surface area contributed by atoms with Gasteiger partial charge in [0.25, 0.3) is 5.91 Å². The topological polar surface area (TPSA) is 51.0 Å². The van der Waals surface area contributed by atoms with Crippen molar-refractivity contribution < 1.29 is 18.0 Å². The van der Waals surface area contributed by atoms with E-state index in [4.69, 9.17) is 0 Å². The number of benzene rings is 2. The normalized spacial score (nSPS) is 11.1. The van der Waals surface area contributed by atoms with E-state index < -0.39 is 23.4 Å². The molecule has 0 spiro atoms. The molecule has 1 amide bonds. The Balaban J connectivity index is 1.66. The standard InChI is InChI=1S/C20H15F3N4OS/c21-14-4-2-13(3-5-14)19(28)27(8-1-7-26-9-6-24-12-26)20-25-18-16(23)10-15(22)11-17(18)29-20/h2-6,9-12H,1,7-8H2. The molecule has 0 radical (unpaired) electrons. The molecule has 0 fully saturated rings. The molecular weight excluding hydrogens is 401 g/mol. The van der Waals surface area contributed by atoms with Gasteiger partial charge < -0.3 is 4.57 Å². The van der Waals surface area contributed by atoms with Crippen molar-refractivity contribution in [2.75, 3.05) is 11.4 Å². The molecule has 0 aliphatic rings. The molecule has 4 rings (SSSR count). The lowest BCUT2D eigenvalue weighted by atomic mass is 10.2. The van der Waals surface area contributed by atoms with Crippen molar-refractivity contribution in [1.82, 2.24) is 14.5 Å². The molecule has 0 saturated carbocycles. The zero-order valence-corrected chi connectivity index (χ0v) is 15.9. The highest BCUT2D eigenvalue weighted by atomic mass is 32.1. The predicted octanol–water partition coefficient (Wildman–Crippen LogP) is 4.65. The molecule has 9 heteroatoms. The number of anilines is 1. The van der Waals surface area contributed by atoms with Crippen LogP contribution in [0.15, 0.2) is 55.1 Å². The number of amides is 1. The lowest BCUT2D eigenvalue weighted by Crippen LogP contribution is -2.32.